The van der Waals surface area contributed by atoms with Gasteiger partial charge in [0, 0.05) is 30.6 Å². The number of ether oxygens (including phenoxy) is 2. The van der Waals surface area contributed by atoms with Gasteiger partial charge in [-0.3, -0.25) is 10.7 Å². The van der Waals surface area contributed by atoms with Crippen molar-refractivity contribution in [3.63, 3.8) is 0 Å². The van der Waals surface area contributed by atoms with E-state index in [1.54, 1.807) is 17.0 Å². The van der Waals surface area contributed by atoms with Gasteiger partial charge in [0.1, 0.15) is 11.4 Å². The van der Waals surface area contributed by atoms with Gasteiger partial charge in [-0.25, -0.2) is 14.8 Å². The molecule has 32 heavy (non-hydrogen) atoms. The van der Waals surface area contributed by atoms with E-state index in [1.807, 2.05) is 32.9 Å². The van der Waals surface area contributed by atoms with Crippen molar-refractivity contribution in [3.8, 4) is 11.4 Å². The maximum Gasteiger partial charge on any atom is 0.410 e. The Morgan fingerprint density at radius 1 is 1.22 bits per heavy atom. The summed E-state index contributed by atoms with van der Waals surface area (Å²) in [7, 11) is 0. The van der Waals surface area contributed by atoms with Crippen molar-refractivity contribution in [2.24, 2.45) is 0 Å². The predicted octanol–water partition coefficient (Wildman–Crippen LogP) is 3.46. The number of morpholine rings is 1. The molecule has 0 spiro atoms. The maximum atomic E-state index is 12.7. The van der Waals surface area contributed by atoms with Gasteiger partial charge in [0.05, 0.1) is 37.2 Å². The quantitative estimate of drug-likeness (QED) is 0.699. The van der Waals surface area contributed by atoms with Gasteiger partial charge in [0.15, 0.2) is 5.82 Å². The number of hydrogen-bond acceptors (Lipinski definition) is 8. The van der Waals surface area contributed by atoms with E-state index in [1.165, 1.54) is 0 Å². The van der Waals surface area contributed by atoms with Crippen LogP contribution in [0.5, 0.6) is 0 Å². The topological polar surface area (TPSA) is 100 Å². The Morgan fingerprint density at radius 3 is 2.62 bits per heavy atom. The van der Waals surface area contributed by atoms with E-state index in [9.17, 15) is 4.79 Å². The lowest BCUT2D eigenvalue weighted by Gasteiger charge is -2.38. The molecule has 9 nitrogen and oxygen atoms in total. The third-order valence-electron chi connectivity index (χ3n) is 5.60. The number of nitrogens with zero attached hydrogens (tertiary/aromatic N) is 4. The molecule has 2 aliphatic rings. The second-order valence-electron chi connectivity index (χ2n) is 9.25. The lowest BCUT2D eigenvalue weighted by atomic mass is 10.0. The number of amides is 1. The Morgan fingerprint density at radius 2 is 1.97 bits per heavy atom. The summed E-state index contributed by atoms with van der Waals surface area (Å²) in [5.74, 6) is 1.48. The molecule has 0 bridgehead atoms. The van der Waals surface area contributed by atoms with E-state index in [4.69, 9.17) is 24.6 Å². The van der Waals surface area contributed by atoms with Crippen molar-refractivity contribution in [1.82, 2.24) is 14.9 Å². The number of carbonyl (C=O) groups excluding carboxylic acids is 1. The molecular weight excluding hydrogens is 410 g/mol. The molecule has 9 heteroatoms. The van der Waals surface area contributed by atoms with Crippen molar-refractivity contribution in [2.45, 2.75) is 52.3 Å². The van der Waals surface area contributed by atoms with Gasteiger partial charge in [-0.2, -0.15) is 0 Å². The van der Waals surface area contributed by atoms with Crippen LogP contribution in [0.3, 0.4) is 0 Å². The number of rotatable bonds is 3. The fourth-order valence-corrected chi connectivity index (χ4v) is 3.98. The van der Waals surface area contributed by atoms with Gasteiger partial charge in [-0.05, 0) is 52.0 Å². The van der Waals surface area contributed by atoms with Gasteiger partial charge in [0.25, 0.3) is 0 Å². The number of benzene rings is 1. The van der Waals surface area contributed by atoms with Crippen LogP contribution in [0, 0.1) is 0 Å². The number of carbonyl (C=O) groups is 1. The normalized spacial score (nSPS) is 18.8. The average Bonchev–Trinajstić information content (AvgIpc) is 2.77. The molecule has 1 amide bonds. The highest BCUT2D eigenvalue weighted by molar-refractivity contribution is 5.70. The molecule has 172 valence electrons. The zero-order valence-corrected chi connectivity index (χ0v) is 19.1. The van der Waals surface area contributed by atoms with Crippen LogP contribution in [0.4, 0.5) is 16.3 Å². The first-order valence-electron chi connectivity index (χ1n) is 11.0. The molecule has 1 fully saturated rings. The van der Waals surface area contributed by atoms with Gasteiger partial charge in [-0.15, -0.1) is 0 Å². The summed E-state index contributed by atoms with van der Waals surface area (Å²) >= 11 is 0. The van der Waals surface area contributed by atoms with E-state index < -0.39 is 5.60 Å². The fraction of sp³-hybridized carbons (Fsp3) is 0.522. The minimum atomic E-state index is -0.547. The van der Waals surface area contributed by atoms with E-state index in [-0.39, 0.29) is 12.1 Å². The molecule has 2 aromatic rings. The fourth-order valence-electron chi connectivity index (χ4n) is 3.98. The predicted molar refractivity (Wildman–Crippen MR) is 121 cm³/mol. The highest BCUT2D eigenvalue weighted by Crippen LogP contribution is 2.32. The van der Waals surface area contributed by atoms with E-state index >= 15 is 0 Å². The number of hydrogen-bond donors (Lipinski definition) is 2. The second-order valence-corrected chi connectivity index (χ2v) is 9.25. The van der Waals surface area contributed by atoms with Crippen LogP contribution < -0.4 is 10.4 Å². The first-order valence-corrected chi connectivity index (χ1v) is 11.0. The zero-order valence-electron chi connectivity index (χ0n) is 19.1. The van der Waals surface area contributed by atoms with Crippen LogP contribution in [0.15, 0.2) is 24.3 Å². The molecule has 2 N–H and O–H groups in total. The Labute approximate surface area is 188 Å². The van der Waals surface area contributed by atoms with Crippen molar-refractivity contribution in [2.75, 3.05) is 36.7 Å². The summed E-state index contributed by atoms with van der Waals surface area (Å²) in [6.07, 6.45) is 0.312. The van der Waals surface area contributed by atoms with Crippen molar-refractivity contribution >= 4 is 17.6 Å². The molecule has 3 heterocycles. The third kappa shape index (κ3) is 4.78. The average molecular weight is 442 g/mol. The number of anilines is 2. The van der Waals surface area contributed by atoms with E-state index in [0.717, 1.165) is 29.2 Å². The first kappa shape index (κ1) is 22.3. The minimum absolute atomic E-state index is 0.161. The van der Waals surface area contributed by atoms with Crippen molar-refractivity contribution in [3.05, 3.63) is 35.5 Å². The van der Waals surface area contributed by atoms with Gasteiger partial charge in [0.2, 0.25) is 0 Å². The molecule has 1 saturated heterocycles. The summed E-state index contributed by atoms with van der Waals surface area (Å²) in [6.45, 7) is 10.7. The largest absolute Gasteiger partial charge is 0.444 e. The summed E-state index contributed by atoms with van der Waals surface area (Å²) < 4.78 is 11.2. The van der Waals surface area contributed by atoms with Gasteiger partial charge >= 0.3 is 6.09 Å². The molecule has 2 aliphatic heterocycles. The Bertz CT molecular complexity index is 974. The van der Waals surface area contributed by atoms with E-state index in [0.29, 0.717) is 44.2 Å². The molecule has 0 radical (unpaired) electrons. The van der Waals surface area contributed by atoms with Crippen LogP contribution in [-0.4, -0.2) is 64.1 Å². The summed E-state index contributed by atoms with van der Waals surface area (Å²) in [5, 5.41) is 9.10. The lowest BCUT2D eigenvalue weighted by Crippen LogP contribution is -2.46. The standard InChI is InChI=1S/C23H31N5O4/c1-15-14-31-12-11-28(15)21-18-13-27(22(29)32-23(2,3)4)10-9-19(18)24-20(25-21)16-5-7-17(26-30)8-6-16/h5-8,15,26,30H,9-14H2,1-4H3/t15-/m0/s1. The molecule has 1 aromatic carbocycles. The first-order chi connectivity index (χ1) is 15.2. The Kier molecular flexibility index (Phi) is 6.21. The molecular formula is C23H31N5O4. The molecule has 4 rings (SSSR count). The van der Waals surface area contributed by atoms with Crippen LogP contribution in [-0.2, 0) is 22.4 Å². The summed E-state index contributed by atoms with van der Waals surface area (Å²) in [4.78, 5) is 26.5. The van der Waals surface area contributed by atoms with Crippen molar-refractivity contribution in [1.29, 1.82) is 0 Å². The summed E-state index contributed by atoms with van der Waals surface area (Å²) in [6, 6.07) is 7.47. The maximum absolute atomic E-state index is 12.7. The SMILES string of the molecule is C[C@H]1COCCN1c1nc(-c2ccc(NO)cc2)nc2c1CN(C(=O)OC(C)(C)C)CC2. The highest BCUT2D eigenvalue weighted by atomic mass is 16.6. The Balaban J connectivity index is 1.72. The molecule has 0 saturated carbocycles. The molecule has 0 unspecified atom stereocenters. The van der Waals surface area contributed by atoms with Crippen LogP contribution in [0.1, 0.15) is 39.0 Å². The second kappa shape index (κ2) is 8.91. The number of fused-ring (bicyclic) bond motifs is 1. The highest BCUT2D eigenvalue weighted by Gasteiger charge is 2.32. The summed E-state index contributed by atoms with van der Waals surface area (Å²) in [5.41, 5.74) is 4.98. The molecule has 1 atom stereocenters. The monoisotopic (exact) mass is 441 g/mol. The number of aromatic nitrogens is 2. The van der Waals surface area contributed by atoms with Crippen molar-refractivity contribution < 1.29 is 19.5 Å². The Hall–Kier alpha value is -2.91. The van der Waals surface area contributed by atoms with E-state index in [2.05, 4.69) is 17.3 Å². The van der Waals surface area contributed by atoms with Gasteiger partial charge in [-0.1, -0.05) is 0 Å². The van der Waals surface area contributed by atoms with Crippen LogP contribution in [0.25, 0.3) is 11.4 Å². The smallest absolute Gasteiger partial charge is 0.410 e. The minimum Gasteiger partial charge on any atom is -0.444 e. The molecule has 1 aromatic heterocycles. The van der Waals surface area contributed by atoms with Gasteiger partial charge < -0.3 is 19.3 Å². The van der Waals surface area contributed by atoms with Crippen LogP contribution >= 0.6 is 0 Å². The number of nitrogens with one attached hydrogen (secondary N) is 1. The zero-order chi connectivity index (χ0) is 22.9. The van der Waals surface area contributed by atoms with Crippen LogP contribution in [0.2, 0.25) is 0 Å². The lowest BCUT2D eigenvalue weighted by molar-refractivity contribution is 0.0222. The third-order valence-corrected chi connectivity index (χ3v) is 5.60. The molecule has 0 aliphatic carbocycles.